The van der Waals surface area contributed by atoms with E-state index in [4.69, 9.17) is 4.74 Å². The monoisotopic (exact) mass is 307 g/mol. The smallest absolute Gasteiger partial charge is 0.410 e. The summed E-state index contributed by atoms with van der Waals surface area (Å²) in [5, 5.41) is 0. The Hall–Kier alpha value is -1.06. The largest absolute Gasteiger partial charge is 0.444 e. The summed E-state index contributed by atoms with van der Waals surface area (Å²) in [6.45, 7) is 6.83. The van der Waals surface area contributed by atoms with Crippen molar-refractivity contribution in [1.82, 2.24) is 4.90 Å². The van der Waals surface area contributed by atoms with Gasteiger partial charge >= 0.3 is 6.09 Å². The SMILES string of the molecule is CC(C)(C)OC(=O)N1CCC(C(=O)CC2CC3CCC2C3)C1. The Morgan fingerprint density at radius 3 is 2.50 bits per heavy atom. The molecule has 0 aromatic carbocycles. The molecule has 0 spiro atoms. The summed E-state index contributed by atoms with van der Waals surface area (Å²) in [5.74, 6) is 2.74. The first-order chi connectivity index (χ1) is 10.3. The number of fused-ring (bicyclic) bond motifs is 2. The highest BCUT2D eigenvalue weighted by molar-refractivity contribution is 5.83. The highest BCUT2D eigenvalue weighted by Gasteiger charge is 2.42. The molecule has 2 saturated carbocycles. The Bertz CT molecular complexity index is 454. The first kappa shape index (κ1) is 15.8. The van der Waals surface area contributed by atoms with E-state index in [0.29, 0.717) is 24.8 Å². The number of carbonyl (C=O) groups is 2. The lowest BCUT2D eigenvalue weighted by Crippen LogP contribution is -2.36. The second kappa shape index (κ2) is 5.86. The Labute approximate surface area is 133 Å². The molecule has 1 amide bonds. The number of Topliss-reactive ketones (excluding diaryl/α,β-unsaturated/α-hetero) is 1. The molecule has 0 radical (unpaired) electrons. The number of carbonyl (C=O) groups excluding carboxylic acids is 2. The van der Waals surface area contributed by atoms with Crippen LogP contribution >= 0.6 is 0 Å². The highest BCUT2D eigenvalue weighted by atomic mass is 16.6. The maximum atomic E-state index is 12.6. The summed E-state index contributed by atoms with van der Waals surface area (Å²) < 4.78 is 5.40. The maximum Gasteiger partial charge on any atom is 0.410 e. The number of nitrogens with zero attached hydrogens (tertiary/aromatic N) is 1. The summed E-state index contributed by atoms with van der Waals surface area (Å²) in [5.41, 5.74) is -0.470. The molecule has 22 heavy (non-hydrogen) atoms. The van der Waals surface area contributed by atoms with Crippen LogP contribution in [0.5, 0.6) is 0 Å². The summed E-state index contributed by atoms with van der Waals surface area (Å²) in [6, 6.07) is 0. The quantitative estimate of drug-likeness (QED) is 0.799. The lowest BCUT2D eigenvalue weighted by molar-refractivity contribution is -0.123. The molecule has 3 fully saturated rings. The zero-order chi connectivity index (χ0) is 15.9. The summed E-state index contributed by atoms with van der Waals surface area (Å²) in [6.07, 6.45) is 6.60. The first-order valence-corrected chi connectivity index (χ1v) is 8.82. The summed E-state index contributed by atoms with van der Waals surface area (Å²) in [4.78, 5) is 26.3. The van der Waals surface area contributed by atoms with E-state index in [-0.39, 0.29) is 12.0 Å². The highest BCUT2D eigenvalue weighted by Crippen LogP contribution is 2.49. The van der Waals surface area contributed by atoms with Crippen molar-refractivity contribution in [2.24, 2.45) is 23.7 Å². The topological polar surface area (TPSA) is 46.6 Å². The molecule has 4 nitrogen and oxygen atoms in total. The van der Waals surface area contributed by atoms with Gasteiger partial charge in [0.15, 0.2) is 0 Å². The number of ketones is 1. The molecule has 0 aromatic rings. The number of likely N-dealkylation sites (tertiary alicyclic amines) is 1. The van der Waals surface area contributed by atoms with E-state index in [0.717, 1.165) is 24.7 Å². The number of amides is 1. The van der Waals surface area contributed by atoms with E-state index >= 15 is 0 Å². The van der Waals surface area contributed by atoms with Crippen LogP contribution in [-0.2, 0) is 9.53 Å². The molecule has 1 aliphatic heterocycles. The van der Waals surface area contributed by atoms with Crippen LogP contribution < -0.4 is 0 Å². The van der Waals surface area contributed by atoms with Crippen LogP contribution in [0.25, 0.3) is 0 Å². The predicted octanol–water partition coefficient (Wildman–Crippen LogP) is 3.64. The molecule has 4 heteroatoms. The van der Waals surface area contributed by atoms with Gasteiger partial charge in [0.1, 0.15) is 11.4 Å². The molecule has 1 saturated heterocycles. The standard InChI is InChI=1S/C18H29NO3/c1-18(2,3)22-17(21)19-7-6-14(11-19)16(20)10-15-9-12-4-5-13(15)8-12/h12-15H,4-11H2,1-3H3. The normalized spacial score (nSPS) is 34.2. The van der Waals surface area contributed by atoms with Crippen molar-refractivity contribution in [3.8, 4) is 0 Å². The van der Waals surface area contributed by atoms with E-state index in [1.165, 1.54) is 25.7 Å². The number of hydrogen-bond donors (Lipinski definition) is 0. The second-order valence-corrected chi connectivity index (χ2v) is 8.52. The van der Waals surface area contributed by atoms with Crippen molar-refractivity contribution in [3.63, 3.8) is 0 Å². The van der Waals surface area contributed by atoms with Gasteiger partial charge in [0, 0.05) is 25.4 Å². The Morgan fingerprint density at radius 1 is 1.14 bits per heavy atom. The van der Waals surface area contributed by atoms with E-state index < -0.39 is 5.60 Å². The Morgan fingerprint density at radius 2 is 1.91 bits per heavy atom. The Kier molecular flexibility index (Phi) is 4.21. The molecule has 2 bridgehead atoms. The van der Waals surface area contributed by atoms with Crippen molar-refractivity contribution in [1.29, 1.82) is 0 Å². The summed E-state index contributed by atoms with van der Waals surface area (Å²) >= 11 is 0. The maximum absolute atomic E-state index is 12.6. The van der Waals surface area contributed by atoms with Gasteiger partial charge in [0.2, 0.25) is 0 Å². The van der Waals surface area contributed by atoms with Gasteiger partial charge in [-0.15, -0.1) is 0 Å². The number of rotatable bonds is 3. The fourth-order valence-electron chi connectivity index (χ4n) is 4.57. The van der Waals surface area contributed by atoms with Gasteiger partial charge in [-0.3, -0.25) is 4.79 Å². The molecular weight excluding hydrogens is 278 g/mol. The van der Waals surface area contributed by atoms with Crippen LogP contribution in [0.1, 0.15) is 59.3 Å². The third-order valence-electron chi connectivity index (χ3n) is 5.64. The van der Waals surface area contributed by atoms with Crippen molar-refractivity contribution >= 4 is 11.9 Å². The van der Waals surface area contributed by atoms with E-state index in [1.54, 1.807) is 4.90 Å². The lowest BCUT2D eigenvalue weighted by atomic mass is 9.83. The van der Waals surface area contributed by atoms with Crippen molar-refractivity contribution in [2.45, 2.75) is 64.9 Å². The zero-order valence-corrected chi connectivity index (χ0v) is 14.1. The van der Waals surface area contributed by atoms with Gasteiger partial charge in [-0.25, -0.2) is 4.79 Å². The lowest BCUT2D eigenvalue weighted by Gasteiger charge is -2.25. The molecule has 2 aliphatic carbocycles. The average molecular weight is 307 g/mol. The van der Waals surface area contributed by atoms with Crippen molar-refractivity contribution < 1.29 is 14.3 Å². The van der Waals surface area contributed by atoms with Crippen LogP contribution in [0.3, 0.4) is 0 Å². The van der Waals surface area contributed by atoms with E-state index in [9.17, 15) is 9.59 Å². The van der Waals surface area contributed by atoms with E-state index in [2.05, 4.69) is 0 Å². The molecule has 4 unspecified atom stereocenters. The van der Waals surface area contributed by atoms with Gasteiger partial charge in [-0.1, -0.05) is 6.42 Å². The molecule has 4 atom stereocenters. The van der Waals surface area contributed by atoms with Crippen molar-refractivity contribution in [2.75, 3.05) is 13.1 Å². The van der Waals surface area contributed by atoms with Gasteiger partial charge in [-0.2, -0.15) is 0 Å². The fraction of sp³-hybridized carbons (Fsp3) is 0.889. The molecule has 0 aromatic heterocycles. The van der Waals surface area contributed by atoms with Crippen LogP contribution in [0.2, 0.25) is 0 Å². The average Bonchev–Trinajstić information content (AvgIpc) is 3.12. The second-order valence-electron chi connectivity index (χ2n) is 8.52. The van der Waals surface area contributed by atoms with Crippen LogP contribution in [0, 0.1) is 23.7 Å². The molecule has 0 N–H and O–H groups in total. The van der Waals surface area contributed by atoms with Gasteiger partial charge in [-0.05, 0) is 64.2 Å². The predicted molar refractivity (Wildman–Crippen MR) is 84.5 cm³/mol. The Balaban J connectivity index is 1.48. The van der Waals surface area contributed by atoms with Gasteiger partial charge in [0.25, 0.3) is 0 Å². The minimum Gasteiger partial charge on any atom is -0.444 e. The minimum absolute atomic E-state index is 0.0339. The fourth-order valence-corrected chi connectivity index (χ4v) is 4.57. The first-order valence-electron chi connectivity index (χ1n) is 8.82. The number of hydrogen-bond acceptors (Lipinski definition) is 3. The molecule has 3 rings (SSSR count). The van der Waals surface area contributed by atoms with Crippen LogP contribution in [-0.4, -0.2) is 35.5 Å². The summed E-state index contributed by atoms with van der Waals surface area (Å²) in [7, 11) is 0. The molecule has 124 valence electrons. The van der Waals surface area contributed by atoms with Gasteiger partial charge in [0.05, 0.1) is 0 Å². The van der Waals surface area contributed by atoms with Crippen molar-refractivity contribution in [3.05, 3.63) is 0 Å². The zero-order valence-electron chi connectivity index (χ0n) is 14.1. The molecular formula is C18H29NO3. The minimum atomic E-state index is -0.470. The van der Waals surface area contributed by atoms with Crippen LogP contribution in [0.15, 0.2) is 0 Å². The molecule has 3 aliphatic rings. The third-order valence-corrected chi connectivity index (χ3v) is 5.64. The van der Waals surface area contributed by atoms with E-state index in [1.807, 2.05) is 20.8 Å². The van der Waals surface area contributed by atoms with Gasteiger partial charge < -0.3 is 9.64 Å². The number of ether oxygens (including phenoxy) is 1. The molecule has 1 heterocycles. The van der Waals surface area contributed by atoms with Crippen LogP contribution in [0.4, 0.5) is 4.79 Å². The third kappa shape index (κ3) is 3.47.